The Morgan fingerprint density at radius 1 is 1.33 bits per heavy atom. The van der Waals surface area contributed by atoms with Crippen molar-refractivity contribution in [3.63, 3.8) is 0 Å². The Morgan fingerprint density at radius 3 is 2.39 bits per heavy atom. The van der Waals surface area contributed by atoms with Gasteiger partial charge in [-0.05, 0) is 30.3 Å². The maximum atomic E-state index is 10.6. The Kier molecular flexibility index (Phi) is 4.75. The van der Waals surface area contributed by atoms with Crippen molar-refractivity contribution in [2.45, 2.75) is 51.9 Å². The number of carboxylic acid groups (broad SMARTS) is 1. The molecule has 0 saturated heterocycles. The molecule has 0 aliphatic carbocycles. The highest BCUT2D eigenvalue weighted by Crippen LogP contribution is 2.37. The van der Waals surface area contributed by atoms with Crippen molar-refractivity contribution in [3.8, 4) is 0 Å². The summed E-state index contributed by atoms with van der Waals surface area (Å²) in [4.78, 5) is 12.6. The summed E-state index contributed by atoms with van der Waals surface area (Å²) >= 11 is 1.53. The number of hydrogen-bond donors (Lipinski definition) is 1. The minimum atomic E-state index is -1.72. The SMILES string of the molecule is CC(C)(C)[Si](C)(C)OCc1ccc(CC(=O)O)s1. The fraction of sp³-hybridized carbons (Fsp3) is 0.615. The standard InChI is InChI=1S/C13H22O3SSi/c1-13(2,3)18(4,5)16-9-11-7-6-10(17-11)8-12(14)15/h6-7H,8-9H2,1-5H3,(H,14,15). The van der Waals surface area contributed by atoms with E-state index >= 15 is 0 Å². The molecule has 1 heterocycles. The summed E-state index contributed by atoms with van der Waals surface area (Å²) in [5, 5.41) is 8.93. The van der Waals surface area contributed by atoms with Crippen LogP contribution in [0.1, 0.15) is 30.5 Å². The summed E-state index contributed by atoms with van der Waals surface area (Å²) in [6.45, 7) is 11.7. The minimum absolute atomic E-state index is 0.102. The molecule has 5 heteroatoms. The molecule has 0 aliphatic heterocycles. The van der Waals surface area contributed by atoms with Gasteiger partial charge in [0.25, 0.3) is 0 Å². The summed E-state index contributed by atoms with van der Waals surface area (Å²) in [6.07, 6.45) is 0.102. The lowest BCUT2D eigenvalue weighted by atomic mass is 10.2. The number of carboxylic acids is 1. The zero-order chi connectivity index (χ0) is 14.0. The maximum absolute atomic E-state index is 10.6. The van der Waals surface area contributed by atoms with E-state index in [0.29, 0.717) is 6.61 Å². The van der Waals surface area contributed by atoms with Gasteiger partial charge < -0.3 is 9.53 Å². The van der Waals surface area contributed by atoms with Crippen LogP contribution in [0.5, 0.6) is 0 Å². The molecule has 0 fully saturated rings. The molecule has 0 radical (unpaired) electrons. The molecule has 0 saturated carbocycles. The van der Waals surface area contributed by atoms with E-state index in [2.05, 4.69) is 33.9 Å². The van der Waals surface area contributed by atoms with Gasteiger partial charge in [-0.15, -0.1) is 11.3 Å². The number of carbonyl (C=O) groups is 1. The lowest BCUT2D eigenvalue weighted by molar-refractivity contribution is -0.136. The van der Waals surface area contributed by atoms with Crippen molar-refractivity contribution in [1.82, 2.24) is 0 Å². The van der Waals surface area contributed by atoms with Crippen LogP contribution in [0.25, 0.3) is 0 Å². The van der Waals surface area contributed by atoms with E-state index in [-0.39, 0.29) is 11.5 Å². The van der Waals surface area contributed by atoms with E-state index in [1.807, 2.05) is 12.1 Å². The Hall–Kier alpha value is -0.653. The quantitative estimate of drug-likeness (QED) is 0.835. The van der Waals surface area contributed by atoms with E-state index in [4.69, 9.17) is 9.53 Å². The van der Waals surface area contributed by atoms with Crippen LogP contribution in [0.4, 0.5) is 0 Å². The van der Waals surface area contributed by atoms with E-state index in [1.54, 1.807) is 0 Å². The summed E-state index contributed by atoms with van der Waals surface area (Å²) in [5.74, 6) is -0.784. The van der Waals surface area contributed by atoms with E-state index in [0.717, 1.165) is 9.75 Å². The van der Waals surface area contributed by atoms with Gasteiger partial charge in [-0.25, -0.2) is 0 Å². The Morgan fingerprint density at radius 2 is 1.89 bits per heavy atom. The zero-order valence-electron chi connectivity index (χ0n) is 11.7. The average Bonchev–Trinajstić information content (AvgIpc) is 2.60. The molecular formula is C13H22O3SSi. The second-order valence-electron chi connectivity index (χ2n) is 5.99. The lowest BCUT2D eigenvalue weighted by Crippen LogP contribution is -2.40. The zero-order valence-corrected chi connectivity index (χ0v) is 13.6. The first-order chi connectivity index (χ1) is 8.12. The van der Waals surface area contributed by atoms with Crippen molar-refractivity contribution in [1.29, 1.82) is 0 Å². The van der Waals surface area contributed by atoms with Gasteiger partial charge >= 0.3 is 5.97 Å². The summed E-state index contributed by atoms with van der Waals surface area (Å²) in [6, 6.07) is 3.85. The van der Waals surface area contributed by atoms with Gasteiger partial charge in [0.2, 0.25) is 0 Å². The number of thiophene rings is 1. The second-order valence-corrected chi connectivity index (χ2v) is 12.0. The lowest BCUT2D eigenvalue weighted by Gasteiger charge is -2.36. The number of aliphatic carboxylic acids is 1. The average molecular weight is 286 g/mol. The molecule has 0 unspecified atom stereocenters. The third-order valence-corrected chi connectivity index (χ3v) is 8.96. The molecule has 1 aromatic heterocycles. The van der Waals surface area contributed by atoms with Crippen molar-refractivity contribution in [3.05, 3.63) is 21.9 Å². The monoisotopic (exact) mass is 286 g/mol. The van der Waals surface area contributed by atoms with E-state index in [9.17, 15) is 4.79 Å². The van der Waals surface area contributed by atoms with Gasteiger partial charge in [0, 0.05) is 9.75 Å². The molecule has 0 aliphatic rings. The van der Waals surface area contributed by atoms with Crippen molar-refractivity contribution in [2.75, 3.05) is 0 Å². The third kappa shape index (κ3) is 4.22. The first-order valence-corrected chi connectivity index (χ1v) is 9.77. The van der Waals surface area contributed by atoms with Gasteiger partial charge in [0.05, 0.1) is 13.0 Å². The topological polar surface area (TPSA) is 46.5 Å². The molecule has 1 rings (SSSR count). The van der Waals surface area contributed by atoms with Crippen LogP contribution in [0.3, 0.4) is 0 Å². The summed E-state index contributed by atoms with van der Waals surface area (Å²) < 4.78 is 6.10. The van der Waals surface area contributed by atoms with Crippen molar-refractivity contribution in [2.24, 2.45) is 0 Å². The fourth-order valence-corrected chi connectivity index (χ4v) is 3.19. The highest BCUT2D eigenvalue weighted by Gasteiger charge is 2.37. The highest BCUT2D eigenvalue weighted by atomic mass is 32.1. The van der Waals surface area contributed by atoms with Crippen molar-refractivity contribution >= 4 is 25.6 Å². The Bertz CT molecular complexity index is 418. The van der Waals surface area contributed by atoms with Crippen LogP contribution in [-0.2, 0) is 22.2 Å². The normalized spacial score (nSPS) is 12.7. The minimum Gasteiger partial charge on any atom is -0.481 e. The molecule has 0 spiro atoms. The van der Waals surface area contributed by atoms with Gasteiger partial charge in [-0.2, -0.15) is 0 Å². The largest absolute Gasteiger partial charge is 0.481 e. The number of hydrogen-bond acceptors (Lipinski definition) is 3. The predicted octanol–water partition coefficient (Wildman–Crippen LogP) is 3.90. The highest BCUT2D eigenvalue weighted by molar-refractivity contribution is 7.12. The molecule has 0 bridgehead atoms. The van der Waals surface area contributed by atoms with Crippen LogP contribution in [0, 0.1) is 0 Å². The third-order valence-electron chi connectivity index (χ3n) is 3.42. The molecule has 0 aromatic carbocycles. The Balaban J connectivity index is 2.59. The summed E-state index contributed by atoms with van der Waals surface area (Å²) in [7, 11) is -1.72. The molecule has 1 aromatic rings. The number of rotatable bonds is 5. The van der Waals surface area contributed by atoms with Crippen molar-refractivity contribution < 1.29 is 14.3 Å². The first kappa shape index (κ1) is 15.4. The van der Waals surface area contributed by atoms with Gasteiger partial charge in [0.1, 0.15) is 0 Å². The molecule has 0 amide bonds. The van der Waals surface area contributed by atoms with Crippen LogP contribution in [0.2, 0.25) is 18.1 Å². The van der Waals surface area contributed by atoms with Crippen LogP contribution in [-0.4, -0.2) is 19.4 Å². The Labute approximate surface area is 114 Å². The van der Waals surface area contributed by atoms with Crippen LogP contribution >= 0.6 is 11.3 Å². The molecule has 102 valence electrons. The first-order valence-electron chi connectivity index (χ1n) is 6.05. The molecule has 18 heavy (non-hydrogen) atoms. The summed E-state index contributed by atoms with van der Waals surface area (Å²) in [5.41, 5.74) is 0. The van der Waals surface area contributed by atoms with Gasteiger partial charge in [0.15, 0.2) is 8.32 Å². The molecular weight excluding hydrogens is 264 g/mol. The van der Waals surface area contributed by atoms with E-state index in [1.165, 1.54) is 11.3 Å². The van der Waals surface area contributed by atoms with Gasteiger partial charge in [-0.1, -0.05) is 20.8 Å². The predicted molar refractivity (Wildman–Crippen MR) is 77.6 cm³/mol. The van der Waals surface area contributed by atoms with Gasteiger partial charge in [-0.3, -0.25) is 4.79 Å². The van der Waals surface area contributed by atoms with Crippen LogP contribution < -0.4 is 0 Å². The maximum Gasteiger partial charge on any atom is 0.308 e. The van der Waals surface area contributed by atoms with Crippen LogP contribution in [0.15, 0.2) is 12.1 Å². The fourth-order valence-electron chi connectivity index (χ4n) is 1.21. The smallest absolute Gasteiger partial charge is 0.308 e. The molecule has 3 nitrogen and oxygen atoms in total. The van der Waals surface area contributed by atoms with E-state index < -0.39 is 14.3 Å². The second kappa shape index (κ2) is 5.55. The molecule has 1 N–H and O–H groups in total. The molecule has 0 atom stereocenters.